The van der Waals surface area contributed by atoms with Crippen LogP contribution in [0.2, 0.25) is 0 Å². The predicted molar refractivity (Wildman–Crippen MR) is 103 cm³/mol. The lowest BCUT2D eigenvalue weighted by Crippen LogP contribution is -2.37. The van der Waals surface area contributed by atoms with Crippen LogP contribution in [0, 0.1) is 17.8 Å². The number of primary amides is 1. The van der Waals surface area contributed by atoms with Crippen LogP contribution in [0.4, 0.5) is 0 Å². The summed E-state index contributed by atoms with van der Waals surface area (Å²) in [5.74, 6) is 5.18. The highest BCUT2D eigenvalue weighted by Gasteiger charge is 2.42. The van der Waals surface area contributed by atoms with Crippen molar-refractivity contribution >= 4 is 11.8 Å². The van der Waals surface area contributed by atoms with E-state index in [1.54, 1.807) is 11.7 Å². The summed E-state index contributed by atoms with van der Waals surface area (Å²) in [6.07, 6.45) is 1.91. The standard InChI is InChI=1S/C21H22N4O3/c1-13-10-16-17(11-13)25(23-18(16)19(22)26)15-5-3-4-14(12-15)6-7-21(28)8-9-24(2)20(21)27/h3-5,12-13,28H,8-11H2,1-2H3,(H2,22,26)/t13-,21+/m1/s1. The van der Waals surface area contributed by atoms with E-state index in [1.165, 1.54) is 4.90 Å². The van der Waals surface area contributed by atoms with Gasteiger partial charge in [-0.25, -0.2) is 4.68 Å². The minimum absolute atomic E-state index is 0.293. The van der Waals surface area contributed by atoms with Crippen molar-refractivity contribution < 1.29 is 14.7 Å². The highest BCUT2D eigenvalue weighted by atomic mass is 16.3. The summed E-state index contributed by atoms with van der Waals surface area (Å²) in [5.41, 5.74) is 7.55. The Morgan fingerprint density at radius 3 is 2.86 bits per heavy atom. The first-order valence-corrected chi connectivity index (χ1v) is 9.30. The zero-order valence-corrected chi connectivity index (χ0v) is 15.9. The zero-order valence-electron chi connectivity index (χ0n) is 15.9. The number of nitrogens with zero attached hydrogens (tertiary/aromatic N) is 3. The van der Waals surface area contributed by atoms with Gasteiger partial charge >= 0.3 is 0 Å². The molecule has 1 aromatic carbocycles. The van der Waals surface area contributed by atoms with Gasteiger partial charge in [-0.05, 0) is 37.0 Å². The van der Waals surface area contributed by atoms with Crippen LogP contribution in [-0.2, 0) is 17.6 Å². The van der Waals surface area contributed by atoms with Crippen molar-refractivity contribution in [2.75, 3.05) is 13.6 Å². The summed E-state index contributed by atoms with van der Waals surface area (Å²) in [5, 5.41) is 14.9. The van der Waals surface area contributed by atoms with Gasteiger partial charge in [-0.15, -0.1) is 0 Å². The van der Waals surface area contributed by atoms with E-state index in [0.29, 0.717) is 30.1 Å². The number of nitrogens with two attached hydrogens (primary N) is 1. The van der Waals surface area contributed by atoms with Gasteiger partial charge in [-0.2, -0.15) is 5.10 Å². The molecule has 2 atom stereocenters. The van der Waals surface area contributed by atoms with E-state index >= 15 is 0 Å². The first kappa shape index (κ1) is 18.3. The summed E-state index contributed by atoms with van der Waals surface area (Å²) in [7, 11) is 1.65. The number of carbonyl (C=O) groups is 2. The highest BCUT2D eigenvalue weighted by molar-refractivity contribution is 5.93. The number of amides is 2. The SMILES string of the molecule is C[C@@H]1Cc2c(C(N)=O)nn(-c3cccc(C#C[C@]4(O)CCN(C)C4=O)c3)c2C1. The average molecular weight is 378 g/mol. The average Bonchev–Trinajstić information content (AvgIpc) is 3.28. The number of rotatable bonds is 2. The van der Waals surface area contributed by atoms with Gasteiger partial charge in [0.25, 0.3) is 11.8 Å². The number of fused-ring (bicyclic) bond motifs is 1. The second-order valence-electron chi connectivity index (χ2n) is 7.70. The van der Waals surface area contributed by atoms with Crippen LogP contribution in [0.25, 0.3) is 5.69 Å². The zero-order chi connectivity index (χ0) is 20.1. The Bertz CT molecular complexity index is 1050. The Hall–Kier alpha value is -3.11. The lowest BCUT2D eigenvalue weighted by atomic mass is 10.0. The first-order valence-electron chi connectivity index (χ1n) is 9.30. The maximum Gasteiger partial charge on any atom is 0.269 e. The second-order valence-corrected chi connectivity index (χ2v) is 7.70. The highest BCUT2D eigenvalue weighted by Crippen LogP contribution is 2.31. The number of aromatic nitrogens is 2. The van der Waals surface area contributed by atoms with Gasteiger partial charge < -0.3 is 15.7 Å². The van der Waals surface area contributed by atoms with Gasteiger partial charge in [0.15, 0.2) is 5.69 Å². The smallest absolute Gasteiger partial charge is 0.269 e. The maximum absolute atomic E-state index is 12.1. The minimum atomic E-state index is -1.63. The summed E-state index contributed by atoms with van der Waals surface area (Å²) in [6, 6.07) is 7.36. The molecule has 1 fully saturated rings. The topological polar surface area (TPSA) is 101 Å². The van der Waals surface area contributed by atoms with E-state index in [4.69, 9.17) is 5.73 Å². The van der Waals surface area contributed by atoms with Crippen molar-refractivity contribution in [3.8, 4) is 17.5 Å². The van der Waals surface area contributed by atoms with Gasteiger partial charge in [-0.1, -0.05) is 24.8 Å². The molecule has 0 bridgehead atoms. The molecule has 1 saturated heterocycles. The molecule has 3 N–H and O–H groups in total. The number of carbonyl (C=O) groups excluding carboxylic acids is 2. The van der Waals surface area contributed by atoms with Crippen LogP contribution < -0.4 is 5.73 Å². The Morgan fingerprint density at radius 1 is 1.39 bits per heavy atom. The normalized spacial score (nSPS) is 23.5. The summed E-state index contributed by atoms with van der Waals surface area (Å²) in [4.78, 5) is 25.3. The molecule has 144 valence electrons. The molecular weight excluding hydrogens is 356 g/mol. The summed E-state index contributed by atoms with van der Waals surface area (Å²) in [6.45, 7) is 2.62. The van der Waals surface area contributed by atoms with Crippen molar-refractivity contribution in [2.45, 2.75) is 31.8 Å². The number of benzene rings is 1. The Kier molecular flexibility index (Phi) is 4.24. The Balaban J connectivity index is 1.70. The molecule has 2 aliphatic rings. The van der Waals surface area contributed by atoms with Crippen molar-refractivity contribution in [1.82, 2.24) is 14.7 Å². The summed E-state index contributed by atoms with van der Waals surface area (Å²) >= 11 is 0. The fourth-order valence-corrected chi connectivity index (χ4v) is 3.93. The van der Waals surface area contributed by atoms with E-state index in [-0.39, 0.29) is 5.91 Å². The third-order valence-electron chi connectivity index (χ3n) is 5.43. The molecule has 2 amide bonds. The van der Waals surface area contributed by atoms with Crippen LogP contribution in [0.15, 0.2) is 24.3 Å². The molecule has 7 nitrogen and oxygen atoms in total. The predicted octanol–water partition coefficient (Wildman–Crippen LogP) is 0.651. The van der Waals surface area contributed by atoms with Crippen LogP contribution in [0.3, 0.4) is 0 Å². The van der Waals surface area contributed by atoms with Crippen molar-refractivity contribution in [1.29, 1.82) is 0 Å². The molecular formula is C21H22N4O3. The van der Waals surface area contributed by atoms with E-state index in [0.717, 1.165) is 29.8 Å². The van der Waals surface area contributed by atoms with Crippen molar-refractivity contribution in [3.05, 3.63) is 46.8 Å². The fraction of sp³-hybridized carbons (Fsp3) is 0.381. The maximum atomic E-state index is 12.1. The molecule has 0 radical (unpaired) electrons. The van der Waals surface area contributed by atoms with Gasteiger partial charge in [0.05, 0.1) is 5.69 Å². The van der Waals surface area contributed by atoms with Crippen molar-refractivity contribution in [3.63, 3.8) is 0 Å². The summed E-state index contributed by atoms with van der Waals surface area (Å²) < 4.78 is 1.76. The van der Waals surface area contributed by atoms with E-state index in [1.807, 2.05) is 24.3 Å². The number of likely N-dealkylation sites (N-methyl/N-ethyl adjacent to an activating group) is 1. The van der Waals surface area contributed by atoms with Gasteiger partial charge in [0.2, 0.25) is 5.60 Å². The third kappa shape index (κ3) is 2.96. The van der Waals surface area contributed by atoms with Gasteiger partial charge in [0.1, 0.15) is 0 Å². The number of likely N-dealkylation sites (tertiary alicyclic amines) is 1. The Labute approximate surface area is 163 Å². The monoisotopic (exact) mass is 378 g/mol. The quantitative estimate of drug-likeness (QED) is 0.749. The molecule has 7 heteroatoms. The minimum Gasteiger partial charge on any atom is -0.369 e. The van der Waals surface area contributed by atoms with Gasteiger partial charge in [0, 0.05) is 36.8 Å². The largest absolute Gasteiger partial charge is 0.369 e. The third-order valence-corrected chi connectivity index (χ3v) is 5.43. The van der Waals surface area contributed by atoms with E-state index < -0.39 is 11.5 Å². The molecule has 1 aliphatic carbocycles. The molecule has 28 heavy (non-hydrogen) atoms. The number of aliphatic hydroxyl groups is 1. The Morgan fingerprint density at radius 2 is 2.18 bits per heavy atom. The molecule has 4 rings (SSSR count). The number of hydrogen-bond donors (Lipinski definition) is 2. The second kappa shape index (κ2) is 6.50. The number of hydrogen-bond acceptors (Lipinski definition) is 4. The molecule has 1 aromatic heterocycles. The van der Waals surface area contributed by atoms with Crippen LogP contribution in [0.5, 0.6) is 0 Å². The molecule has 2 heterocycles. The van der Waals surface area contributed by atoms with E-state index in [9.17, 15) is 14.7 Å². The van der Waals surface area contributed by atoms with Crippen LogP contribution >= 0.6 is 0 Å². The molecule has 0 saturated carbocycles. The van der Waals surface area contributed by atoms with Crippen LogP contribution in [0.1, 0.15) is 40.7 Å². The van der Waals surface area contributed by atoms with Gasteiger partial charge in [-0.3, -0.25) is 9.59 Å². The molecule has 1 aliphatic heterocycles. The lowest BCUT2D eigenvalue weighted by Gasteiger charge is -2.13. The molecule has 0 unspecified atom stereocenters. The van der Waals surface area contributed by atoms with Crippen LogP contribution in [-0.4, -0.2) is 50.8 Å². The molecule has 0 spiro atoms. The lowest BCUT2D eigenvalue weighted by molar-refractivity contribution is -0.137. The van der Waals surface area contributed by atoms with Crippen molar-refractivity contribution in [2.24, 2.45) is 11.7 Å². The van der Waals surface area contributed by atoms with E-state index in [2.05, 4.69) is 23.9 Å². The molecule has 2 aromatic rings. The fourth-order valence-electron chi connectivity index (χ4n) is 3.93. The first-order chi connectivity index (χ1) is 13.3.